The van der Waals surface area contributed by atoms with E-state index in [4.69, 9.17) is 9.47 Å². The van der Waals surface area contributed by atoms with E-state index in [1.165, 1.54) is 0 Å². The Hall–Kier alpha value is -1.81. The van der Waals surface area contributed by atoms with Crippen molar-refractivity contribution in [2.24, 2.45) is 0 Å². The van der Waals surface area contributed by atoms with Crippen molar-refractivity contribution in [3.8, 4) is 5.75 Å². The normalized spacial score (nSPS) is 19.1. The van der Waals surface area contributed by atoms with E-state index < -0.39 is 0 Å². The van der Waals surface area contributed by atoms with Crippen molar-refractivity contribution in [1.29, 1.82) is 0 Å². The molecule has 1 aliphatic heterocycles. The van der Waals surface area contributed by atoms with Crippen molar-refractivity contribution in [3.63, 3.8) is 0 Å². The van der Waals surface area contributed by atoms with Crippen LogP contribution in [-0.2, 0) is 4.74 Å². The second kappa shape index (κ2) is 4.82. The average molecular weight is 244 g/mol. The van der Waals surface area contributed by atoms with Crippen molar-refractivity contribution in [2.45, 2.75) is 12.5 Å². The van der Waals surface area contributed by atoms with Crippen molar-refractivity contribution in [2.75, 3.05) is 25.6 Å². The molecular weight excluding hydrogens is 228 g/mol. The number of nitrogens with one attached hydrogen (secondary N) is 1. The molecule has 0 radical (unpaired) electrons. The molecule has 1 fully saturated rings. The molecule has 0 amide bonds. The van der Waals surface area contributed by atoms with Gasteiger partial charge in [0.05, 0.1) is 19.8 Å². The van der Waals surface area contributed by atoms with Gasteiger partial charge in [0.25, 0.3) is 0 Å². The van der Waals surface area contributed by atoms with Crippen LogP contribution in [0.4, 0.5) is 5.82 Å². The fourth-order valence-corrected chi connectivity index (χ4v) is 2.23. The van der Waals surface area contributed by atoms with Crippen LogP contribution in [-0.4, -0.2) is 31.3 Å². The molecule has 4 heteroatoms. The van der Waals surface area contributed by atoms with Crippen LogP contribution >= 0.6 is 0 Å². The molecule has 0 spiro atoms. The van der Waals surface area contributed by atoms with Crippen LogP contribution in [0.2, 0.25) is 0 Å². The molecular formula is C14H16N2O2. The number of methoxy groups -OCH3 is 1. The largest absolute Gasteiger partial charge is 0.497 e. The van der Waals surface area contributed by atoms with Crippen LogP contribution in [0.3, 0.4) is 0 Å². The molecule has 0 aliphatic carbocycles. The third kappa shape index (κ3) is 2.11. The first-order chi connectivity index (χ1) is 8.86. The third-order valence-corrected chi connectivity index (χ3v) is 3.24. The van der Waals surface area contributed by atoms with Crippen molar-refractivity contribution in [3.05, 3.63) is 30.5 Å². The lowest BCUT2D eigenvalue weighted by Crippen LogP contribution is -2.19. The maximum Gasteiger partial charge on any atom is 0.134 e. The van der Waals surface area contributed by atoms with Crippen molar-refractivity contribution < 1.29 is 9.47 Å². The lowest BCUT2D eigenvalue weighted by molar-refractivity contribution is 0.195. The average Bonchev–Trinajstić information content (AvgIpc) is 2.91. The summed E-state index contributed by atoms with van der Waals surface area (Å²) in [4.78, 5) is 4.42. The van der Waals surface area contributed by atoms with E-state index in [-0.39, 0.29) is 0 Å². The molecule has 3 rings (SSSR count). The summed E-state index contributed by atoms with van der Waals surface area (Å²) in [5.41, 5.74) is 0. The van der Waals surface area contributed by atoms with Gasteiger partial charge in [0.1, 0.15) is 11.6 Å². The summed E-state index contributed by atoms with van der Waals surface area (Å²) in [5.74, 6) is 1.75. The second-order valence-corrected chi connectivity index (χ2v) is 4.45. The fraction of sp³-hybridized carbons (Fsp3) is 0.357. The van der Waals surface area contributed by atoms with Gasteiger partial charge in [-0.25, -0.2) is 4.98 Å². The van der Waals surface area contributed by atoms with Gasteiger partial charge in [-0.3, -0.25) is 0 Å². The van der Waals surface area contributed by atoms with Gasteiger partial charge in [-0.15, -0.1) is 0 Å². The Morgan fingerprint density at radius 1 is 1.39 bits per heavy atom. The molecule has 2 aromatic rings. The van der Waals surface area contributed by atoms with E-state index >= 15 is 0 Å². The van der Waals surface area contributed by atoms with Crippen LogP contribution in [0.15, 0.2) is 30.5 Å². The fourth-order valence-electron chi connectivity index (χ4n) is 2.23. The Morgan fingerprint density at radius 3 is 3.11 bits per heavy atom. The van der Waals surface area contributed by atoms with Gasteiger partial charge in [-0.2, -0.15) is 0 Å². The molecule has 2 heterocycles. The molecule has 1 aromatic carbocycles. The molecule has 0 bridgehead atoms. The highest BCUT2D eigenvalue weighted by atomic mass is 16.5. The minimum absolute atomic E-state index is 0.356. The lowest BCUT2D eigenvalue weighted by Gasteiger charge is -2.13. The summed E-state index contributed by atoms with van der Waals surface area (Å²) in [6.07, 6.45) is 2.86. The summed E-state index contributed by atoms with van der Waals surface area (Å²) in [6.45, 7) is 1.58. The molecule has 1 saturated heterocycles. The molecule has 94 valence electrons. The standard InChI is InChI=1S/C14H16N2O2/c1-17-12-3-2-10-4-6-15-14(13(10)8-12)16-11-5-7-18-9-11/h2-4,6,8,11H,5,7,9H2,1H3,(H,15,16). The number of benzene rings is 1. The molecule has 0 saturated carbocycles. The number of hydrogen-bond donors (Lipinski definition) is 1. The quantitative estimate of drug-likeness (QED) is 0.900. The SMILES string of the molecule is COc1ccc2ccnc(NC3CCOC3)c2c1. The first-order valence-corrected chi connectivity index (χ1v) is 6.14. The number of anilines is 1. The molecule has 1 unspecified atom stereocenters. The summed E-state index contributed by atoms with van der Waals surface area (Å²) in [5, 5.41) is 5.69. The molecule has 4 nitrogen and oxygen atoms in total. The molecule has 1 aliphatic rings. The Labute approximate surface area is 106 Å². The Bertz CT molecular complexity index is 550. The zero-order valence-corrected chi connectivity index (χ0v) is 10.3. The number of pyridine rings is 1. The summed E-state index contributed by atoms with van der Waals surface area (Å²) in [7, 11) is 1.68. The summed E-state index contributed by atoms with van der Waals surface area (Å²) in [6, 6.07) is 8.39. The van der Waals surface area contributed by atoms with Gasteiger partial charge in [0.15, 0.2) is 0 Å². The molecule has 1 atom stereocenters. The molecule has 1 N–H and O–H groups in total. The highest BCUT2D eigenvalue weighted by molar-refractivity contribution is 5.92. The molecule has 18 heavy (non-hydrogen) atoms. The van der Waals surface area contributed by atoms with E-state index in [1.807, 2.05) is 30.5 Å². The summed E-state index contributed by atoms with van der Waals surface area (Å²) >= 11 is 0. The number of nitrogens with zero attached hydrogens (tertiary/aromatic N) is 1. The van der Waals surface area contributed by atoms with Crippen LogP contribution in [0.5, 0.6) is 5.75 Å². The Morgan fingerprint density at radius 2 is 2.33 bits per heavy atom. The number of rotatable bonds is 3. The smallest absolute Gasteiger partial charge is 0.134 e. The third-order valence-electron chi connectivity index (χ3n) is 3.24. The molecule has 1 aromatic heterocycles. The maximum atomic E-state index is 5.37. The first kappa shape index (κ1) is 11.3. The highest BCUT2D eigenvalue weighted by Crippen LogP contribution is 2.26. The van der Waals surface area contributed by atoms with Gasteiger partial charge < -0.3 is 14.8 Å². The minimum atomic E-state index is 0.356. The number of ether oxygens (including phenoxy) is 2. The minimum Gasteiger partial charge on any atom is -0.497 e. The van der Waals surface area contributed by atoms with Gasteiger partial charge >= 0.3 is 0 Å². The van der Waals surface area contributed by atoms with E-state index in [0.29, 0.717) is 6.04 Å². The number of aromatic nitrogens is 1. The Balaban J connectivity index is 1.98. The first-order valence-electron chi connectivity index (χ1n) is 6.14. The van der Waals surface area contributed by atoms with Gasteiger partial charge in [0.2, 0.25) is 0 Å². The van der Waals surface area contributed by atoms with Crippen molar-refractivity contribution >= 4 is 16.6 Å². The Kier molecular flexibility index (Phi) is 3.02. The van der Waals surface area contributed by atoms with E-state index in [2.05, 4.69) is 10.3 Å². The maximum absolute atomic E-state index is 5.37. The van der Waals surface area contributed by atoms with Crippen LogP contribution in [0.1, 0.15) is 6.42 Å². The van der Waals surface area contributed by atoms with Gasteiger partial charge in [0, 0.05) is 18.2 Å². The zero-order chi connectivity index (χ0) is 12.4. The van der Waals surface area contributed by atoms with Crippen LogP contribution in [0, 0.1) is 0 Å². The predicted octanol–water partition coefficient (Wildman–Crippen LogP) is 2.44. The van der Waals surface area contributed by atoms with E-state index in [0.717, 1.165) is 42.0 Å². The van der Waals surface area contributed by atoms with E-state index in [1.54, 1.807) is 7.11 Å². The van der Waals surface area contributed by atoms with Crippen molar-refractivity contribution in [1.82, 2.24) is 4.98 Å². The number of fused-ring (bicyclic) bond motifs is 1. The monoisotopic (exact) mass is 244 g/mol. The van der Waals surface area contributed by atoms with Crippen LogP contribution in [0.25, 0.3) is 10.8 Å². The van der Waals surface area contributed by atoms with E-state index in [9.17, 15) is 0 Å². The van der Waals surface area contributed by atoms with Gasteiger partial charge in [-0.05, 0) is 30.0 Å². The summed E-state index contributed by atoms with van der Waals surface area (Å²) < 4.78 is 10.6. The topological polar surface area (TPSA) is 43.4 Å². The zero-order valence-electron chi connectivity index (χ0n) is 10.3. The highest BCUT2D eigenvalue weighted by Gasteiger charge is 2.16. The number of hydrogen-bond acceptors (Lipinski definition) is 4. The van der Waals surface area contributed by atoms with Crippen LogP contribution < -0.4 is 10.1 Å². The van der Waals surface area contributed by atoms with Gasteiger partial charge in [-0.1, -0.05) is 6.07 Å². The predicted molar refractivity (Wildman–Crippen MR) is 71.1 cm³/mol. The lowest BCUT2D eigenvalue weighted by atomic mass is 10.1. The second-order valence-electron chi connectivity index (χ2n) is 4.45.